The van der Waals surface area contributed by atoms with Gasteiger partial charge in [0.05, 0.1) is 0 Å². The maximum absolute atomic E-state index is 10.5. The first kappa shape index (κ1) is 26.4. The zero-order valence-corrected chi connectivity index (χ0v) is 18.4. The average molecular weight is 427 g/mol. The Hall–Kier alpha value is -2.67. The summed E-state index contributed by atoms with van der Waals surface area (Å²) in [7, 11) is 3.22. The summed E-state index contributed by atoms with van der Waals surface area (Å²) in [4.78, 5) is 23.1. The highest BCUT2D eigenvalue weighted by Crippen LogP contribution is 2.20. The van der Waals surface area contributed by atoms with Crippen molar-refractivity contribution in [3.8, 4) is 0 Å². The number of aldehydes is 2. The molecular weight excluding hydrogens is 392 g/mol. The molecule has 6 nitrogen and oxygen atoms in total. The lowest BCUT2D eigenvalue weighted by Gasteiger charge is -2.28. The summed E-state index contributed by atoms with van der Waals surface area (Å²) in [5, 5.41) is 23.6. The van der Waals surface area contributed by atoms with Crippen molar-refractivity contribution >= 4 is 18.3 Å². The number of aliphatic hydroxyl groups is 2. The Labute approximate surface area is 185 Å². The predicted octanol–water partition coefficient (Wildman–Crippen LogP) is 3.00. The first-order valence-corrected chi connectivity index (χ1v) is 10.5. The number of benzene rings is 2. The predicted molar refractivity (Wildman–Crippen MR) is 124 cm³/mol. The standard InChI is InChI=1S/C13H19N.C11H11NO3.CH4O/c1-14-9-7-13(8-10-14)11-12-5-3-2-4-6-12;12-11(5-10(15)7-14)9-3-1-2-8(4-9)6-13;1-2/h2-6,13H,7-11H2,1H3;1-4,6-7,10,12,15H,5H2;2H,1H3. The lowest BCUT2D eigenvalue weighted by Crippen LogP contribution is -2.30. The highest BCUT2D eigenvalue weighted by atomic mass is 16.3. The van der Waals surface area contributed by atoms with Gasteiger partial charge in [-0.15, -0.1) is 0 Å². The number of hydrogen-bond donors (Lipinski definition) is 3. The van der Waals surface area contributed by atoms with Crippen molar-refractivity contribution in [3.05, 3.63) is 71.3 Å². The third-order valence-corrected chi connectivity index (χ3v) is 5.15. The smallest absolute Gasteiger partial charge is 0.150 e. The van der Waals surface area contributed by atoms with Crippen LogP contribution in [0.2, 0.25) is 0 Å². The summed E-state index contributed by atoms with van der Waals surface area (Å²) in [6, 6.07) is 17.4. The van der Waals surface area contributed by atoms with Crippen molar-refractivity contribution in [1.82, 2.24) is 4.90 Å². The number of rotatable bonds is 7. The molecule has 168 valence electrons. The van der Waals surface area contributed by atoms with Crippen LogP contribution in [-0.2, 0) is 11.2 Å². The average Bonchev–Trinajstić information content (AvgIpc) is 2.83. The number of carbonyl (C=O) groups is 2. The van der Waals surface area contributed by atoms with Gasteiger partial charge in [0.2, 0.25) is 0 Å². The van der Waals surface area contributed by atoms with E-state index in [1.165, 1.54) is 37.9 Å². The van der Waals surface area contributed by atoms with E-state index in [-0.39, 0.29) is 12.1 Å². The van der Waals surface area contributed by atoms with Gasteiger partial charge >= 0.3 is 0 Å². The van der Waals surface area contributed by atoms with Gasteiger partial charge < -0.3 is 25.3 Å². The minimum Gasteiger partial charge on any atom is -0.400 e. The van der Waals surface area contributed by atoms with E-state index in [9.17, 15) is 9.59 Å². The molecule has 1 saturated heterocycles. The minimum absolute atomic E-state index is 0.0359. The van der Waals surface area contributed by atoms with E-state index in [0.29, 0.717) is 23.7 Å². The molecule has 6 heteroatoms. The molecule has 0 saturated carbocycles. The van der Waals surface area contributed by atoms with E-state index in [2.05, 4.69) is 42.3 Å². The van der Waals surface area contributed by atoms with Crippen LogP contribution in [-0.4, -0.2) is 66.7 Å². The van der Waals surface area contributed by atoms with Crippen molar-refractivity contribution in [2.45, 2.75) is 31.8 Å². The van der Waals surface area contributed by atoms with Crippen LogP contribution in [0.5, 0.6) is 0 Å². The summed E-state index contributed by atoms with van der Waals surface area (Å²) < 4.78 is 0. The van der Waals surface area contributed by atoms with E-state index >= 15 is 0 Å². The van der Waals surface area contributed by atoms with E-state index in [1.54, 1.807) is 24.3 Å². The Balaban J connectivity index is 0.000000287. The van der Waals surface area contributed by atoms with Gasteiger partial charge in [-0.3, -0.25) is 4.79 Å². The number of hydrogen-bond acceptors (Lipinski definition) is 6. The Morgan fingerprint density at radius 3 is 2.32 bits per heavy atom. The molecule has 31 heavy (non-hydrogen) atoms. The van der Waals surface area contributed by atoms with Crippen LogP contribution in [0, 0.1) is 11.3 Å². The normalized spacial score (nSPS) is 14.8. The molecule has 0 aromatic heterocycles. The van der Waals surface area contributed by atoms with E-state index in [1.807, 2.05) is 0 Å². The fourth-order valence-corrected chi connectivity index (χ4v) is 3.39. The van der Waals surface area contributed by atoms with Crippen LogP contribution < -0.4 is 0 Å². The maximum Gasteiger partial charge on any atom is 0.150 e. The Kier molecular flexibility index (Phi) is 12.9. The second kappa shape index (κ2) is 15.2. The van der Waals surface area contributed by atoms with Crippen molar-refractivity contribution in [3.63, 3.8) is 0 Å². The number of likely N-dealkylation sites (tertiary alicyclic amines) is 1. The Bertz CT molecular complexity index is 787. The van der Waals surface area contributed by atoms with Gasteiger partial charge in [0.25, 0.3) is 0 Å². The molecule has 2 aromatic carbocycles. The summed E-state index contributed by atoms with van der Waals surface area (Å²) in [6.45, 7) is 2.55. The summed E-state index contributed by atoms with van der Waals surface area (Å²) in [6.07, 6.45) is 3.89. The summed E-state index contributed by atoms with van der Waals surface area (Å²) in [5.41, 5.74) is 2.65. The Morgan fingerprint density at radius 2 is 1.74 bits per heavy atom. The SMILES string of the molecule is CN1CCC(Cc2ccccc2)CC1.CO.N=C(CC(O)C=O)c1cccc(C=O)c1. The minimum atomic E-state index is -1.16. The molecule has 1 aliphatic heterocycles. The van der Waals surface area contributed by atoms with Crippen molar-refractivity contribution in [2.75, 3.05) is 27.2 Å². The van der Waals surface area contributed by atoms with Gasteiger partial charge in [-0.25, -0.2) is 0 Å². The fraction of sp³-hybridized carbons (Fsp3) is 0.400. The molecule has 1 aliphatic rings. The molecule has 3 rings (SSSR count). The maximum atomic E-state index is 10.5. The third-order valence-electron chi connectivity index (χ3n) is 5.15. The second-order valence-electron chi connectivity index (χ2n) is 7.57. The van der Waals surface area contributed by atoms with Crippen molar-refractivity contribution < 1.29 is 19.8 Å². The van der Waals surface area contributed by atoms with Crippen LogP contribution in [0.4, 0.5) is 0 Å². The third kappa shape index (κ3) is 10.3. The molecule has 3 N–H and O–H groups in total. The molecule has 0 radical (unpaired) electrons. The van der Waals surface area contributed by atoms with Crippen LogP contribution in [0.15, 0.2) is 54.6 Å². The van der Waals surface area contributed by atoms with Gasteiger partial charge in [0.15, 0.2) is 0 Å². The number of aliphatic hydroxyl groups excluding tert-OH is 2. The number of piperidine rings is 1. The van der Waals surface area contributed by atoms with Crippen LogP contribution in [0.3, 0.4) is 0 Å². The summed E-state index contributed by atoms with van der Waals surface area (Å²) >= 11 is 0. The molecular formula is C25H34N2O4. The summed E-state index contributed by atoms with van der Waals surface area (Å²) in [5.74, 6) is 0.911. The van der Waals surface area contributed by atoms with Crippen molar-refractivity contribution in [2.24, 2.45) is 5.92 Å². The molecule has 1 atom stereocenters. The van der Waals surface area contributed by atoms with Crippen LogP contribution >= 0.6 is 0 Å². The van der Waals surface area contributed by atoms with E-state index in [0.717, 1.165) is 13.0 Å². The second-order valence-corrected chi connectivity index (χ2v) is 7.57. The topological polar surface area (TPSA) is 102 Å². The van der Waals surface area contributed by atoms with Crippen LogP contribution in [0.25, 0.3) is 0 Å². The van der Waals surface area contributed by atoms with E-state index < -0.39 is 6.10 Å². The van der Waals surface area contributed by atoms with Crippen molar-refractivity contribution in [1.29, 1.82) is 5.41 Å². The lowest BCUT2D eigenvalue weighted by molar-refractivity contribution is -0.114. The zero-order chi connectivity index (χ0) is 23.1. The van der Waals surface area contributed by atoms with Crippen LogP contribution in [0.1, 0.15) is 40.7 Å². The number of nitrogens with one attached hydrogen (secondary N) is 1. The highest BCUT2D eigenvalue weighted by Gasteiger charge is 2.16. The number of carbonyl (C=O) groups excluding carboxylic acids is 2. The Morgan fingerprint density at radius 1 is 1.10 bits per heavy atom. The molecule has 0 bridgehead atoms. The number of nitrogens with zero attached hydrogens (tertiary/aromatic N) is 1. The van der Waals surface area contributed by atoms with Gasteiger partial charge in [0.1, 0.15) is 18.7 Å². The fourth-order valence-electron chi connectivity index (χ4n) is 3.39. The molecule has 0 aliphatic carbocycles. The van der Waals surface area contributed by atoms with Gasteiger partial charge in [-0.1, -0.05) is 48.5 Å². The zero-order valence-electron chi connectivity index (χ0n) is 18.4. The quantitative estimate of drug-likeness (QED) is 0.467. The molecule has 1 heterocycles. The van der Waals surface area contributed by atoms with Gasteiger partial charge in [-0.2, -0.15) is 0 Å². The molecule has 1 unspecified atom stereocenters. The van der Waals surface area contributed by atoms with Gasteiger partial charge in [0, 0.05) is 24.8 Å². The first-order valence-electron chi connectivity index (χ1n) is 10.5. The largest absolute Gasteiger partial charge is 0.400 e. The molecule has 0 amide bonds. The monoisotopic (exact) mass is 426 g/mol. The molecule has 0 spiro atoms. The molecule has 2 aromatic rings. The molecule has 1 fully saturated rings. The lowest BCUT2D eigenvalue weighted by atomic mass is 9.90. The van der Waals surface area contributed by atoms with E-state index in [4.69, 9.17) is 15.6 Å². The first-order chi connectivity index (χ1) is 15.0. The highest BCUT2D eigenvalue weighted by molar-refractivity contribution is 6.00. The van der Waals surface area contributed by atoms with Gasteiger partial charge in [-0.05, 0) is 62.5 Å².